The van der Waals surface area contributed by atoms with Crippen LogP contribution in [0, 0.1) is 0 Å². The third-order valence-corrected chi connectivity index (χ3v) is 3.78. The molecule has 0 aliphatic heterocycles. The van der Waals surface area contributed by atoms with E-state index in [4.69, 9.17) is 4.18 Å². The largest absolute Gasteiger partial charge is 0.286 e. The zero-order chi connectivity index (χ0) is 13.7. The summed E-state index contributed by atoms with van der Waals surface area (Å²) in [4.78, 5) is 4.50. The van der Waals surface area contributed by atoms with Gasteiger partial charge in [0, 0.05) is 6.21 Å². The second-order valence-electron chi connectivity index (χ2n) is 4.88. The number of benzene rings is 1. The van der Waals surface area contributed by atoms with Gasteiger partial charge in [0.05, 0.1) is 18.4 Å². The second-order valence-corrected chi connectivity index (χ2v) is 6.48. The molecule has 1 aromatic carbocycles. The molecule has 0 saturated heterocycles. The van der Waals surface area contributed by atoms with Gasteiger partial charge >= 0.3 is 0 Å². The van der Waals surface area contributed by atoms with Crippen LogP contribution in [0.1, 0.15) is 31.2 Å². The Bertz CT molecular complexity index is 525. The highest BCUT2D eigenvalue weighted by Crippen LogP contribution is 2.25. The van der Waals surface area contributed by atoms with Gasteiger partial charge in [-0.1, -0.05) is 43.2 Å². The Labute approximate surface area is 114 Å². The molecule has 2 rings (SSSR count). The number of hydrogen-bond donors (Lipinski definition) is 0. The quantitative estimate of drug-likeness (QED) is 0.629. The summed E-state index contributed by atoms with van der Waals surface area (Å²) in [5, 5.41) is 0. The zero-order valence-corrected chi connectivity index (χ0v) is 11.8. The number of nitrogens with zero attached hydrogens (tertiary/aromatic N) is 1. The van der Waals surface area contributed by atoms with Crippen LogP contribution in [-0.4, -0.2) is 33.0 Å². The summed E-state index contributed by atoms with van der Waals surface area (Å²) in [6, 6.07) is 9.73. The van der Waals surface area contributed by atoms with Crippen LogP contribution in [-0.2, 0) is 14.3 Å². The van der Waals surface area contributed by atoms with Crippen LogP contribution >= 0.6 is 0 Å². The highest BCUT2D eigenvalue weighted by molar-refractivity contribution is 7.86. The van der Waals surface area contributed by atoms with Crippen molar-refractivity contribution in [1.82, 2.24) is 0 Å². The third kappa shape index (κ3) is 4.76. The molecule has 5 heteroatoms. The van der Waals surface area contributed by atoms with Gasteiger partial charge in [0.25, 0.3) is 10.1 Å². The molecule has 2 unspecified atom stereocenters. The molecule has 0 N–H and O–H groups in total. The Morgan fingerprint density at radius 1 is 1.21 bits per heavy atom. The molecule has 1 aliphatic carbocycles. The van der Waals surface area contributed by atoms with Gasteiger partial charge < -0.3 is 0 Å². The third-order valence-electron chi connectivity index (χ3n) is 3.18. The lowest BCUT2D eigenvalue weighted by Gasteiger charge is -2.27. The van der Waals surface area contributed by atoms with Gasteiger partial charge in [-0.05, 0) is 18.4 Å². The predicted molar refractivity (Wildman–Crippen MR) is 76.0 cm³/mol. The fourth-order valence-corrected chi connectivity index (χ4v) is 2.98. The van der Waals surface area contributed by atoms with Crippen LogP contribution in [0.5, 0.6) is 0 Å². The smallest absolute Gasteiger partial charge is 0.264 e. The minimum atomic E-state index is -3.41. The van der Waals surface area contributed by atoms with E-state index in [-0.39, 0.29) is 12.1 Å². The molecule has 1 aromatic rings. The van der Waals surface area contributed by atoms with Crippen molar-refractivity contribution in [3.8, 4) is 0 Å². The van der Waals surface area contributed by atoms with Crippen molar-refractivity contribution in [2.75, 3.05) is 6.26 Å². The average Bonchev–Trinajstić information content (AvgIpc) is 2.37. The van der Waals surface area contributed by atoms with E-state index in [0.29, 0.717) is 0 Å². The molecule has 19 heavy (non-hydrogen) atoms. The highest BCUT2D eigenvalue weighted by atomic mass is 32.2. The second kappa shape index (κ2) is 6.30. The SMILES string of the molecule is CS(=O)(=O)OC1CCCCC1N=Cc1ccccc1. The molecule has 1 fully saturated rings. The van der Waals surface area contributed by atoms with Gasteiger partial charge in [0.1, 0.15) is 0 Å². The molecule has 0 spiro atoms. The fourth-order valence-electron chi connectivity index (χ4n) is 2.31. The van der Waals surface area contributed by atoms with Crippen molar-refractivity contribution in [3.05, 3.63) is 35.9 Å². The normalized spacial score (nSPS) is 24.7. The molecular weight excluding hydrogens is 262 g/mol. The summed E-state index contributed by atoms with van der Waals surface area (Å²) < 4.78 is 27.6. The molecule has 0 aromatic heterocycles. The molecule has 0 heterocycles. The lowest BCUT2D eigenvalue weighted by molar-refractivity contribution is 0.142. The maximum absolute atomic E-state index is 11.2. The van der Waals surface area contributed by atoms with Crippen molar-refractivity contribution in [3.63, 3.8) is 0 Å². The van der Waals surface area contributed by atoms with E-state index in [0.717, 1.165) is 37.5 Å². The molecule has 1 saturated carbocycles. The van der Waals surface area contributed by atoms with Gasteiger partial charge in [-0.15, -0.1) is 0 Å². The molecular formula is C14H19NO3S. The van der Waals surface area contributed by atoms with Crippen LogP contribution in [0.15, 0.2) is 35.3 Å². The van der Waals surface area contributed by atoms with Crippen molar-refractivity contribution in [2.45, 2.75) is 37.8 Å². The molecule has 0 bridgehead atoms. The first-order valence-electron chi connectivity index (χ1n) is 6.51. The summed E-state index contributed by atoms with van der Waals surface area (Å²) in [7, 11) is -3.41. The summed E-state index contributed by atoms with van der Waals surface area (Å²) in [6.07, 6.45) is 6.28. The van der Waals surface area contributed by atoms with Crippen LogP contribution in [0.2, 0.25) is 0 Å². The maximum atomic E-state index is 11.2. The van der Waals surface area contributed by atoms with E-state index in [1.807, 2.05) is 30.3 Å². The van der Waals surface area contributed by atoms with Crippen molar-refractivity contribution in [2.24, 2.45) is 4.99 Å². The van der Waals surface area contributed by atoms with Gasteiger partial charge in [-0.25, -0.2) is 0 Å². The first-order valence-corrected chi connectivity index (χ1v) is 8.33. The minimum Gasteiger partial charge on any atom is -0.286 e. The van der Waals surface area contributed by atoms with Crippen molar-refractivity contribution in [1.29, 1.82) is 0 Å². The Morgan fingerprint density at radius 2 is 1.89 bits per heavy atom. The van der Waals surface area contributed by atoms with Gasteiger partial charge in [-0.3, -0.25) is 9.18 Å². The highest BCUT2D eigenvalue weighted by Gasteiger charge is 2.28. The molecule has 1 aliphatic rings. The van der Waals surface area contributed by atoms with Crippen LogP contribution in [0.4, 0.5) is 0 Å². The minimum absolute atomic E-state index is 0.0660. The van der Waals surface area contributed by atoms with Crippen molar-refractivity contribution < 1.29 is 12.6 Å². The monoisotopic (exact) mass is 281 g/mol. The lowest BCUT2D eigenvalue weighted by Crippen LogP contribution is -2.33. The van der Waals surface area contributed by atoms with E-state index in [1.165, 1.54) is 0 Å². The predicted octanol–water partition coefficient (Wildman–Crippen LogP) is 2.39. The summed E-state index contributed by atoms with van der Waals surface area (Å²) in [5.41, 5.74) is 1.02. The van der Waals surface area contributed by atoms with E-state index >= 15 is 0 Å². The van der Waals surface area contributed by atoms with E-state index in [1.54, 1.807) is 6.21 Å². The van der Waals surface area contributed by atoms with Crippen molar-refractivity contribution >= 4 is 16.3 Å². The van der Waals surface area contributed by atoms with Gasteiger partial charge in [-0.2, -0.15) is 8.42 Å². The van der Waals surface area contributed by atoms with Crippen LogP contribution in [0.25, 0.3) is 0 Å². The molecule has 104 valence electrons. The zero-order valence-electron chi connectivity index (χ0n) is 11.0. The van der Waals surface area contributed by atoms with Crippen LogP contribution in [0.3, 0.4) is 0 Å². The average molecular weight is 281 g/mol. The molecule has 4 nitrogen and oxygen atoms in total. The summed E-state index contributed by atoms with van der Waals surface area (Å²) in [5.74, 6) is 0. The molecule has 2 atom stereocenters. The van der Waals surface area contributed by atoms with Gasteiger partial charge in [0.2, 0.25) is 0 Å². The van der Waals surface area contributed by atoms with E-state index in [9.17, 15) is 8.42 Å². The van der Waals surface area contributed by atoms with E-state index < -0.39 is 10.1 Å². The number of hydrogen-bond acceptors (Lipinski definition) is 4. The summed E-state index contributed by atoms with van der Waals surface area (Å²) >= 11 is 0. The first kappa shape index (κ1) is 14.2. The number of aliphatic imine (C=N–C) groups is 1. The Balaban J connectivity index is 2.06. The maximum Gasteiger partial charge on any atom is 0.264 e. The number of rotatable bonds is 4. The standard InChI is InChI=1S/C14H19NO3S/c1-19(16,17)18-14-10-6-5-9-13(14)15-11-12-7-3-2-4-8-12/h2-4,7-8,11,13-14H,5-6,9-10H2,1H3. The topological polar surface area (TPSA) is 55.7 Å². The lowest BCUT2D eigenvalue weighted by atomic mass is 9.93. The first-order chi connectivity index (χ1) is 9.04. The van der Waals surface area contributed by atoms with Gasteiger partial charge in [0.15, 0.2) is 0 Å². The summed E-state index contributed by atoms with van der Waals surface area (Å²) in [6.45, 7) is 0. The Hall–Kier alpha value is -1.20. The fraction of sp³-hybridized carbons (Fsp3) is 0.500. The van der Waals surface area contributed by atoms with Crippen LogP contribution < -0.4 is 0 Å². The molecule has 0 amide bonds. The molecule has 0 radical (unpaired) electrons. The van der Waals surface area contributed by atoms with E-state index in [2.05, 4.69) is 4.99 Å². The Kier molecular flexibility index (Phi) is 4.71. The Morgan fingerprint density at radius 3 is 2.58 bits per heavy atom.